The summed E-state index contributed by atoms with van der Waals surface area (Å²) < 4.78 is 0. The first-order chi connectivity index (χ1) is 6.85. The van der Waals surface area contributed by atoms with Crippen LogP contribution < -0.4 is 0 Å². The Balaban J connectivity index is 2.04. The highest BCUT2D eigenvalue weighted by atomic mass is 79.9. The monoisotopic (exact) mass is 272 g/mol. The zero-order chi connectivity index (χ0) is 9.86. The largest absolute Gasteiger partial charge is 0.152 e. The third-order valence-corrected chi connectivity index (χ3v) is 5.28. The molecule has 0 nitrogen and oxygen atoms in total. The molecule has 78 valence electrons. The molecule has 2 heteroatoms. The van der Waals surface area contributed by atoms with Crippen LogP contribution in [0.15, 0.2) is 16.8 Å². The molecule has 0 spiro atoms. The molecule has 0 saturated heterocycles. The van der Waals surface area contributed by atoms with Crippen LogP contribution in [0.1, 0.15) is 37.7 Å². The maximum atomic E-state index is 3.72. The molecule has 1 aliphatic rings. The van der Waals surface area contributed by atoms with Gasteiger partial charge in [-0.3, -0.25) is 0 Å². The molecule has 1 saturated carbocycles. The Hall–Kier alpha value is 0.180. The van der Waals surface area contributed by atoms with Crippen LogP contribution in [0.2, 0.25) is 0 Å². The third kappa shape index (κ3) is 2.40. The van der Waals surface area contributed by atoms with Crippen molar-refractivity contribution in [2.45, 2.75) is 38.5 Å². The predicted octanol–water partition coefficient (Wildman–Crippen LogP) is 4.64. The lowest BCUT2D eigenvalue weighted by Gasteiger charge is -2.35. The summed E-state index contributed by atoms with van der Waals surface area (Å²) in [5, 5.41) is 5.68. The van der Waals surface area contributed by atoms with Gasteiger partial charge in [-0.25, -0.2) is 0 Å². The number of hydrogen-bond donors (Lipinski definition) is 0. The number of thiophene rings is 1. The third-order valence-electron chi connectivity index (χ3n) is 3.36. The average molecular weight is 273 g/mol. The van der Waals surface area contributed by atoms with Crippen molar-refractivity contribution in [2.24, 2.45) is 5.41 Å². The van der Waals surface area contributed by atoms with Crippen molar-refractivity contribution in [1.82, 2.24) is 0 Å². The molecule has 1 aromatic rings. The highest BCUT2D eigenvalue weighted by molar-refractivity contribution is 9.09. The van der Waals surface area contributed by atoms with E-state index in [0.29, 0.717) is 5.41 Å². The zero-order valence-corrected chi connectivity index (χ0v) is 10.9. The lowest BCUT2D eigenvalue weighted by Crippen LogP contribution is -2.28. The maximum Gasteiger partial charge on any atom is 0.00911 e. The van der Waals surface area contributed by atoms with Gasteiger partial charge in [0.2, 0.25) is 0 Å². The Morgan fingerprint density at radius 1 is 1.29 bits per heavy atom. The number of rotatable bonds is 3. The van der Waals surface area contributed by atoms with Crippen LogP contribution in [-0.4, -0.2) is 5.33 Å². The van der Waals surface area contributed by atoms with Gasteiger partial charge in [0, 0.05) is 5.33 Å². The zero-order valence-electron chi connectivity index (χ0n) is 8.47. The Labute approximate surface area is 98.9 Å². The SMILES string of the molecule is BrCC1(Cc2ccsc2)CCCCC1. The Morgan fingerprint density at radius 3 is 2.64 bits per heavy atom. The predicted molar refractivity (Wildman–Crippen MR) is 67.3 cm³/mol. The minimum atomic E-state index is 0.569. The van der Waals surface area contributed by atoms with E-state index in [-0.39, 0.29) is 0 Å². The van der Waals surface area contributed by atoms with Gasteiger partial charge in [0.1, 0.15) is 0 Å². The van der Waals surface area contributed by atoms with Crippen LogP contribution in [-0.2, 0) is 6.42 Å². The minimum absolute atomic E-state index is 0.569. The van der Waals surface area contributed by atoms with Crippen molar-refractivity contribution in [3.63, 3.8) is 0 Å². The molecule has 0 radical (unpaired) electrons. The lowest BCUT2D eigenvalue weighted by atomic mass is 9.72. The summed E-state index contributed by atoms with van der Waals surface area (Å²) in [6, 6.07) is 2.28. The fraction of sp³-hybridized carbons (Fsp3) is 0.667. The molecule has 0 amide bonds. The van der Waals surface area contributed by atoms with Gasteiger partial charge in [-0.2, -0.15) is 11.3 Å². The Bertz CT molecular complexity index is 260. The summed E-state index contributed by atoms with van der Waals surface area (Å²) in [7, 11) is 0. The molecule has 1 heterocycles. The highest BCUT2D eigenvalue weighted by Crippen LogP contribution is 2.40. The van der Waals surface area contributed by atoms with Gasteiger partial charge in [-0.15, -0.1) is 0 Å². The number of hydrogen-bond acceptors (Lipinski definition) is 1. The molecule has 0 bridgehead atoms. The van der Waals surface area contributed by atoms with Gasteiger partial charge in [0.05, 0.1) is 0 Å². The number of halogens is 1. The minimum Gasteiger partial charge on any atom is -0.152 e. The van der Waals surface area contributed by atoms with Gasteiger partial charge in [-0.1, -0.05) is 35.2 Å². The fourth-order valence-electron chi connectivity index (χ4n) is 2.49. The van der Waals surface area contributed by atoms with Gasteiger partial charge in [0.25, 0.3) is 0 Å². The smallest absolute Gasteiger partial charge is 0.00911 e. The van der Waals surface area contributed by atoms with Gasteiger partial charge in [-0.05, 0) is 47.1 Å². The van der Waals surface area contributed by atoms with Crippen LogP contribution in [0.3, 0.4) is 0 Å². The molecule has 0 aromatic carbocycles. The average Bonchev–Trinajstić information content (AvgIpc) is 2.72. The van der Waals surface area contributed by atoms with E-state index in [4.69, 9.17) is 0 Å². The van der Waals surface area contributed by atoms with E-state index in [2.05, 4.69) is 32.8 Å². The highest BCUT2D eigenvalue weighted by Gasteiger charge is 2.30. The van der Waals surface area contributed by atoms with Gasteiger partial charge >= 0.3 is 0 Å². The molecule has 0 N–H and O–H groups in total. The maximum absolute atomic E-state index is 3.72. The first kappa shape index (κ1) is 10.7. The Kier molecular flexibility index (Phi) is 3.67. The summed E-state index contributed by atoms with van der Waals surface area (Å²) in [6.07, 6.45) is 8.40. The van der Waals surface area contributed by atoms with E-state index in [0.717, 1.165) is 0 Å². The first-order valence-electron chi connectivity index (χ1n) is 5.42. The Morgan fingerprint density at radius 2 is 2.07 bits per heavy atom. The molecular weight excluding hydrogens is 256 g/mol. The van der Waals surface area contributed by atoms with E-state index in [1.807, 2.05) is 11.3 Å². The number of alkyl halides is 1. The molecule has 0 unspecified atom stereocenters. The second kappa shape index (κ2) is 4.80. The topological polar surface area (TPSA) is 0 Å². The van der Waals surface area contributed by atoms with Crippen LogP contribution in [0, 0.1) is 5.41 Å². The molecule has 1 fully saturated rings. The van der Waals surface area contributed by atoms with Crippen LogP contribution in [0.4, 0.5) is 0 Å². The molecular formula is C12H17BrS. The summed E-state index contributed by atoms with van der Waals surface area (Å²) >= 11 is 5.54. The van der Waals surface area contributed by atoms with Gasteiger partial charge in [0.15, 0.2) is 0 Å². The van der Waals surface area contributed by atoms with Crippen LogP contribution in [0.25, 0.3) is 0 Å². The van der Waals surface area contributed by atoms with Crippen molar-refractivity contribution in [2.75, 3.05) is 5.33 Å². The van der Waals surface area contributed by atoms with Crippen molar-refractivity contribution in [1.29, 1.82) is 0 Å². The normalized spacial score (nSPS) is 20.9. The molecule has 1 aromatic heterocycles. The second-order valence-corrected chi connectivity index (χ2v) is 5.84. The molecule has 0 aliphatic heterocycles. The van der Waals surface area contributed by atoms with E-state index in [1.54, 1.807) is 0 Å². The molecule has 2 rings (SSSR count). The summed E-state index contributed by atoms with van der Waals surface area (Å²) in [5.74, 6) is 0. The van der Waals surface area contributed by atoms with Crippen molar-refractivity contribution < 1.29 is 0 Å². The van der Waals surface area contributed by atoms with E-state index >= 15 is 0 Å². The van der Waals surface area contributed by atoms with E-state index in [1.165, 1.54) is 49.4 Å². The summed E-state index contributed by atoms with van der Waals surface area (Å²) in [4.78, 5) is 0. The first-order valence-corrected chi connectivity index (χ1v) is 7.48. The summed E-state index contributed by atoms with van der Waals surface area (Å²) in [6.45, 7) is 0. The van der Waals surface area contributed by atoms with Gasteiger partial charge < -0.3 is 0 Å². The van der Waals surface area contributed by atoms with Crippen molar-refractivity contribution in [3.05, 3.63) is 22.4 Å². The molecule has 14 heavy (non-hydrogen) atoms. The standard InChI is InChI=1S/C12H17BrS/c13-10-12(5-2-1-3-6-12)8-11-4-7-14-9-11/h4,7,9H,1-3,5-6,8,10H2. The van der Waals surface area contributed by atoms with Crippen molar-refractivity contribution in [3.8, 4) is 0 Å². The lowest BCUT2D eigenvalue weighted by molar-refractivity contribution is 0.223. The summed E-state index contributed by atoms with van der Waals surface area (Å²) in [5.41, 5.74) is 2.11. The molecule has 0 atom stereocenters. The van der Waals surface area contributed by atoms with Crippen LogP contribution in [0.5, 0.6) is 0 Å². The van der Waals surface area contributed by atoms with Crippen molar-refractivity contribution >= 4 is 27.3 Å². The molecule has 1 aliphatic carbocycles. The second-order valence-electron chi connectivity index (χ2n) is 4.50. The van der Waals surface area contributed by atoms with E-state index in [9.17, 15) is 0 Å². The van der Waals surface area contributed by atoms with Crippen LogP contribution >= 0.6 is 27.3 Å². The quantitative estimate of drug-likeness (QED) is 0.704. The fourth-order valence-corrected chi connectivity index (χ4v) is 3.91. The van der Waals surface area contributed by atoms with E-state index < -0.39 is 0 Å².